The number of hydrogen-bond acceptors (Lipinski definition) is 12. The van der Waals surface area contributed by atoms with E-state index in [1.54, 1.807) is 62.3 Å². The minimum absolute atomic E-state index is 0.0813. The molecule has 3 aromatic carbocycles. The molecule has 0 unspecified atom stereocenters. The lowest BCUT2D eigenvalue weighted by molar-refractivity contribution is -0.0496. The summed E-state index contributed by atoms with van der Waals surface area (Å²) in [7, 11) is -10.2. The van der Waals surface area contributed by atoms with Gasteiger partial charge in [-0.05, 0) is 145 Å². The molecule has 0 aliphatic heterocycles. The zero-order chi connectivity index (χ0) is 38.6. The largest absolute Gasteiger partial charge is 0.524 e. The van der Waals surface area contributed by atoms with Crippen LogP contribution in [-0.2, 0) is 28.0 Å². The minimum atomic E-state index is -6.33. The van der Waals surface area contributed by atoms with Crippen LogP contribution in [0.2, 0.25) is 0 Å². The second-order valence-electron chi connectivity index (χ2n) is 13.6. The van der Waals surface area contributed by atoms with Gasteiger partial charge in [0.15, 0.2) is 0 Å². The number of rotatable bonds is 8. The van der Waals surface area contributed by atoms with Gasteiger partial charge in [-0.25, -0.2) is 14.4 Å². The van der Waals surface area contributed by atoms with E-state index in [1.165, 1.54) is 72.8 Å². The number of halogens is 3. The fourth-order valence-corrected chi connectivity index (χ4v) is 8.60. The normalized spacial score (nSPS) is 13.1. The highest BCUT2D eigenvalue weighted by molar-refractivity contribution is 8.33. The monoisotopic (exact) mass is 760 g/mol. The Kier molecular flexibility index (Phi) is 12.1. The average molecular weight is 761 g/mol. The van der Waals surface area contributed by atoms with Crippen LogP contribution in [0.3, 0.4) is 0 Å². The lowest BCUT2D eigenvalue weighted by atomic mass is 10.2. The van der Waals surface area contributed by atoms with Crippen LogP contribution in [0.4, 0.5) is 27.6 Å². The Bertz CT molecular complexity index is 1630. The first-order valence-electron chi connectivity index (χ1n) is 15.1. The first kappa shape index (κ1) is 40.9. The highest BCUT2D eigenvalue weighted by Gasteiger charge is 2.52. The molecule has 0 fully saturated rings. The number of benzene rings is 3. The molecule has 0 bridgehead atoms. The maximum atomic E-state index is 14.0. The van der Waals surface area contributed by atoms with Gasteiger partial charge in [0, 0.05) is 14.7 Å². The van der Waals surface area contributed by atoms with E-state index in [1.807, 2.05) is 0 Å². The summed E-state index contributed by atoms with van der Waals surface area (Å²) in [5.74, 6) is -0.244. The van der Waals surface area contributed by atoms with Gasteiger partial charge in [0.25, 0.3) is 0 Å². The molecule has 0 radical (unpaired) electrons. The van der Waals surface area contributed by atoms with Gasteiger partial charge in [0.05, 0.1) is 0 Å². The second kappa shape index (κ2) is 15.0. The molecule has 12 nitrogen and oxygen atoms in total. The first-order chi connectivity index (χ1) is 23.2. The van der Waals surface area contributed by atoms with Crippen molar-refractivity contribution in [3.05, 3.63) is 72.8 Å². The summed E-state index contributed by atoms with van der Waals surface area (Å²) in [6, 6.07) is 14.6. The Morgan fingerprint density at radius 3 is 0.902 bits per heavy atom. The van der Waals surface area contributed by atoms with E-state index >= 15 is 0 Å². The molecule has 0 aliphatic rings. The summed E-state index contributed by atoms with van der Waals surface area (Å²) < 4.78 is 104. The lowest BCUT2D eigenvalue weighted by Gasteiger charge is -2.39. The third-order valence-corrected chi connectivity index (χ3v) is 10.6. The van der Waals surface area contributed by atoms with Crippen molar-refractivity contribution in [1.29, 1.82) is 0 Å². The fourth-order valence-electron chi connectivity index (χ4n) is 3.90. The molecule has 0 saturated heterocycles. The van der Waals surface area contributed by atoms with Crippen LogP contribution >= 0.6 is 10.3 Å². The van der Waals surface area contributed by atoms with E-state index in [4.69, 9.17) is 32.1 Å². The van der Waals surface area contributed by atoms with Crippen molar-refractivity contribution < 1.29 is 68.0 Å². The molecule has 280 valence electrons. The van der Waals surface area contributed by atoms with E-state index in [0.717, 1.165) is 0 Å². The van der Waals surface area contributed by atoms with Crippen LogP contribution in [0.1, 0.15) is 62.3 Å². The van der Waals surface area contributed by atoms with Crippen molar-refractivity contribution in [2.75, 3.05) is 0 Å². The molecular weight excluding hydrogens is 721 g/mol. The molecule has 0 atom stereocenters. The van der Waals surface area contributed by atoms with Gasteiger partial charge in [-0.2, -0.15) is 25.2 Å². The summed E-state index contributed by atoms with van der Waals surface area (Å²) in [4.78, 5) is 36.5. The Morgan fingerprint density at radius 1 is 0.471 bits per heavy atom. The molecular formula is C34H39F3O12S2. The van der Waals surface area contributed by atoms with Crippen molar-refractivity contribution in [2.24, 2.45) is 0 Å². The molecule has 17 heteroatoms. The summed E-state index contributed by atoms with van der Waals surface area (Å²) in [6.07, 6.45) is -3.19. The molecule has 0 N–H and O–H groups in total. The predicted molar refractivity (Wildman–Crippen MR) is 178 cm³/mol. The first-order valence-corrected chi connectivity index (χ1v) is 18.0. The summed E-state index contributed by atoms with van der Waals surface area (Å²) in [6.45, 7) is 14.5. The standard InChI is InChI=1S/C34H39F3O12S2/c1-31(2,3)46-28(38)43-22-10-16-25(17-11-22)50(49-51(41,42)34(35,36)37,26-18-12-23(13-19-26)44-29(39)47-32(4,5)6)27-20-14-24(15-21-27)45-30(40)48-33(7,8)9/h10-21H,1-9H3. The SMILES string of the molecule is CC(C)(C)OC(=O)Oc1ccc(S(OS(=O)(=O)C(F)(F)F)(c2ccc(OC(=O)OC(C)(C)C)cc2)c2ccc(OC(=O)OC(C)(C)C)cc2)cc1. The molecule has 0 aromatic heterocycles. The molecule has 0 spiro atoms. The minimum Gasteiger partial charge on any atom is -0.428 e. The summed E-state index contributed by atoms with van der Waals surface area (Å²) in [5, 5.41) is 0. The lowest BCUT2D eigenvalue weighted by Crippen LogP contribution is -2.27. The average Bonchev–Trinajstić information content (AvgIpc) is 2.93. The Labute approximate surface area is 295 Å². The number of hydrogen-bond donors (Lipinski definition) is 0. The third kappa shape index (κ3) is 11.8. The molecule has 0 aliphatic carbocycles. The van der Waals surface area contributed by atoms with Crippen molar-refractivity contribution >= 4 is 38.9 Å². The van der Waals surface area contributed by atoms with Crippen LogP contribution in [0.15, 0.2) is 87.5 Å². The van der Waals surface area contributed by atoms with Gasteiger partial charge in [-0.1, -0.05) is 0 Å². The van der Waals surface area contributed by atoms with Gasteiger partial charge in [-0.3, -0.25) is 0 Å². The van der Waals surface area contributed by atoms with Crippen LogP contribution in [0, 0.1) is 0 Å². The summed E-state index contributed by atoms with van der Waals surface area (Å²) >= 11 is 0. The van der Waals surface area contributed by atoms with E-state index in [2.05, 4.69) is 0 Å². The molecule has 3 rings (SSSR count). The van der Waals surface area contributed by atoms with Crippen LogP contribution < -0.4 is 14.2 Å². The molecule has 0 amide bonds. The number of carbonyl (C=O) groups excluding carboxylic acids is 3. The topological polar surface area (TPSA) is 150 Å². The molecule has 0 heterocycles. The second-order valence-corrected chi connectivity index (χ2v) is 18.1. The smallest absolute Gasteiger partial charge is 0.428 e. The van der Waals surface area contributed by atoms with Crippen molar-refractivity contribution in [3.8, 4) is 17.2 Å². The third-order valence-electron chi connectivity index (χ3n) is 5.71. The number of ether oxygens (including phenoxy) is 6. The Balaban J connectivity index is 2.23. The molecule has 51 heavy (non-hydrogen) atoms. The number of alkyl halides is 3. The number of carbonyl (C=O) groups is 3. The maximum Gasteiger partial charge on any atom is 0.524 e. The quantitative estimate of drug-likeness (QED) is 0.0931. The van der Waals surface area contributed by atoms with Gasteiger partial charge in [0.2, 0.25) is 0 Å². The maximum absolute atomic E-state index is 14.0. The Morgan fingerprint density at radius 2 is 0.706 bits per heavy atom. The van der Waals surface area contributed by atoms with Crippen LogP contribution in [-0.4, -0.2) is 49.2 Å². The van der Waals surface area contributed by atoms with Crippen molar-refractivity contribution in [3.63, 3.8) is 0 Å². The summed E-state index contributed by atoms with van der Waals surface area (Å²) in [5.41, 5.74) is -8.54. The predicted octanol–water partition coefficient (Wildman–Crippen LogP) is 9.69. The highest BCUT2D eigenvalue weighted by Crippen LogP contribution is 2.71. The van der Waals surface area contributed by atoms with Crippen molar-refractivity contribution in [2.45, 2.75) is 99.3 Å². The van der Waals surface area contributed by atoms with Crippen molar-refractivity contribution in [1.82, 2.24) is 0 Å². The Hall–Kier alpha value is -4.48. The van der Waals surface area contributed by atoms with Gasteiger partial charge >= 0.3 is 34.1 Å². The zero-order valence-electron chi connectivity index (χ0n) is 29.3. The zero-order valence-corrected chi connectivity index (χ0v) is 30.9. The fraction of sp³-hybridized carbons (Fsp3) is 0.382. The molecule has 3 aromatic rings. The van der Waals surface area contributed by atoms with Gasteiger partial charge in [0.1, 0.15) is 34.1 Å². The van der Waals surface area contributed by atoms with Gasteiger partial charge < -0.3 is 28.4 Å². The molecule has 0 saturated carbocycles. The van der Waals surface area contributed by atoms with E-state index < -0.39 is 61.2 Å². The van der Waals surface area contributed by atoms with E-state index in [9.17, 15) is 36.0 Å². The van der Waals surface area contributed by atoms with Crippen LogP contribution in [0.25, 0.3) is 0 Å². The highest BCUT2D eigenvalue weighted by atomic mass is 32.3. The van der Waals surface area contributed by atoms with Gasteiger partial charge in [-0.15, -0.1) is 0 Å². The van der Waals surface area contributed by atoms with E-state index in [0.29, 0.717) is 0 Å². The van der Waals surface area contributed by atoms with E-state index in [-0.39, 0.29) is 31.9 Å². The van der Waals surface area contributed by atoms with Crippen LogP contribution in [0.5, 0.6) is 17.2 Å².